The first-order valence-corrected chi connectivity index (χ1v) is 8.78. The van der Waals surface area contributed by atoms with E-state index >= 15 is 0 Å². The predicted octanol–water partition coefficient (Wildman–Crippen LogP) is 4.97. The molecule has 0 aromatic rings. The lowest BCUT2D eigenvalue weighted by Gasteiger charge is -2.37. The standard InChI is InChI=1S/C18H31N/c1-2-6-16(7-3-1)10-15-19-17-8-13-18(14-9-17)11-4-5-12-18/h6,17,19H,1-5,7-15H2. The van der Waals surface area contributed by atoms with E-state index < -0.39 is 0 Å². The summed E-state index contributed by atoms with van der Waals surface area (Å²) in [5.41, 5.74) is 2.52. The van der Waals surface area contributed by atoms with Crippen LogP contribution < -0.4 is 5.32 Å². The Hall–Kier alpha value is -0.300. The zero-order valence-electron chi connectivity index (χ0n) is 12.6. The Labute approximate surface area is 119 Å². The molecule has 2 saturated carbocycles. The van der Waals surface area contributed by atoms with E-state index in [1.807, 2.05) is 0 Å². The summed E-state index contributed by atoms with van der Waals surface area (Å²) in [7, 11) is 0. The molecule has 1 nitrogen and oxygen atoms in total. The molecule has 0 radical (unpaired) electrons. The van der Waals surface area contributed by atoms with E-state index in [1.54, 1.807) is 5.57 Å². The molecule has 3 aliphatic rings. The lowest BCUT2D eigenvalue weighted by Crippen LogP contribution is -2.37. The molecule has 3 aliphatic carbocycles. The maximum absolute atomic E-state index is 3.83. The van der Waals surface area contributed by atoms with Gasteiger partial charge in [-0.15, -0.1) is 0 Å². The fraction of sp³-hybridized carbons (Fsp3) is 0.889. The van der Waals surface area contributed by atoms with Crippen LogP contribution in [0.5, 0.6) is 0 Å². The molecule has 1 N–H and O–H groups in total. The largest absolute Gasteiger partial charge is 0.314 e. The Morgan fingerprint density at radius 3 is 2.47 bits per heavy atom. The third-order valence-corrected chi connectivity index (χ3v) is 5.97. The van der Waals surface area contributed by atoms with Gasteiger partial charge in [0.15, 0.2) is 0 Å². The highest BCUT2D eigenvalue weighted by Crippen LogP contribution is 2.48. The monoisotopic (exact) mass is 261 g/mol. The molecule has 0 aliphatic heterocycles. The molecule has 0 unspecified atom stereocenters. The number of allylic oxidation sites excluding steroid dienone is 1. The first-order valence-electron chi connectivity index (χ1n) is 8.78. The van der Waals surface area contributed by atoms with Crippen LogP contribution in [0, 0.1) is 5.41 Å². The van der Waals surface area contributed by atoms with Crippen molar-refractivity contribution in [2.75, 3.05) is 6.54 Å². The van der Waals surface area contributed by atoms with Crippen molar-refractivity contribution in [2.24, 2.45) is 5.41 Å². The van der Waals surface area contributed by atoms with E-state index in [0.29, 0.717) is 0 Å². The number of rotatable bonds is 4. The molecule has 0 aromatic heterocycles. The van der Waals surface area contributed by atoms with Gasteiger partial charge in [-0.3, -0.25) is 0 Å². The molecule has 19 heavy (non-hydrogen) atoms. The van der Waals surface area contributed by atoms with E-state index in [2.05, 4.69) is 11.4 Å². The summed E-state index contributed by atoms with van der Waals surface area (Å²) < 4.78 is 0. The average molecular weight is 261 g/mol. The first kappa shape index (κ1) is 13.7. The minimum absolute atomic E-state index is 0.796. The fourth-order valence-corrected chi connectivity index (χ4v) is 4.63. The number of nitrogens with one attached hydrogen (secondary N) is 1. The maximum atomic E-state index is 3.83. The molecule has 0 bridgehead atoms. The van der Waals surface area contributed by atoms with Crippen LogP contribution >= 0.6 is 0 Å². The Bertz CT molecular complexity index is 302. The van der Waals surface area contributed by atoms with Gasteiger partial charge in [0.1, 0.15) is 0 Å². The summed E-state index contributed by atoms with van der Waals surface area (Å²) >= 11 is 0. The zero-order valence-corrected chi connectivity index (χ0v) is 12.6. The van der Waals surface area contributed by atoms with Crippen LogP contribution in [0.15, 0.2) is 11.6 Å². The Kier molecular flexibility index (Phi) is 4.63. The lowest BCUT2D eigenvalue weighted by atomic mass is 9.71. The van der Waals surface area contributed by atoms with Crippen molar-refractivity contribution >= 4 is 0 Å². The lowest BCUT2D eigenvalue weighted by molar-refractivity contribution is 0.169. The number of hydrogen-bond donors (Lipinski definition) is 1. The highest BCUT2D eigenvalue weighted by molar-refractivity contribution is 5.05. The van der Waals surface area contributed by atoms with Crippen molar-refractivity contribution < 1.29 is 0 Å². The van der Waals surface area contributed by atoms with Crippen LogP contribution in [0.2, 0.25) is 0 Å². The van der Waals surface area contributed by atoms with Crippen molar-refractivity contribution in [3.05, 3.63) is 11.6 Å². The predicted molar refractivity (Wildman–Crippen MR) is 82.3 cm³/mol. The van der Waals surface area contributed by atoms with Gasteiger partial charge in [-0.1, -0.05) is 24.5 Å². The van der Waals surface area contributed by atoms with Gasteiger partial charge in [0.05, 0.1) is 0 Å². The van der Waals surface area contributed by atoms with Crippen LogP contribution in [0.4, 0.5) is 0 Å². The van der Waals surface area contributed by atoms with E-state index in [1.165, 1.54) is 90.0 Å². The van der Waals surface area contributed by atoms with Crippen molar-refractivity contribution in [3.8, 4) is 0 Å². The van der Waals surface area contributed by atoms with Crippen LogP contribution in [-0.4, -0.2) is 12.6 Å². The molecule has 2 fully saturated rings. The quantitative estimate of drug-likeness (QED) is 0.705. The summed E-state index contributed by atoms with van der Waals surface area (Å²) in [6.07, 6.45) is 21.3. The van der Waals surface area contributed by atoms with Gasteiger partial charge in [-0.2, -0.15) is 0 Å². The molecule has 1 spiro atoms. The van der Waals surface area contributed by atoms with E-state index in [4.69, 9.17) is 0 Å². The van der Waals surface area contributed by atoms with Crippen LogP contribution in [0.1, 0.15) is 83.5 Å². The summed E-state index contributed by atoms with van der Waals surface area (Å²) in [5, 5.41) is 3.83. The molecule has 0 aromatic carbocycles. The molecule has 0 saturated heterocycles. The van der Waals surface area contributed by atoms with Crippen LogP contribution in [0.3, 0.4) is 0 Å². The Balaban J connectivity index is 1.34. The summed E-state index contributed by atoms with van der Waals surface area (Å²) in [6.45, 7) is 1.23. The van der Waals surface area contributed by atoms with Gasteiger partial charge in [0.2, 0.25) is 0 Å². The molecule has 0 atom stereocenters. The third-order valence-electron chi connectivity index (χ3n) is 5.97. The maximum Gasteiger partial charge on any atom is 0.00675 e. The van der Waals surface area contributed by atoms with Gasteiger partial charge in [-0.05, 0) is 82.6 Å². The van der Waals surface area contributed by atoms with E-state index in [-0.39, 0.29) is 0 Å². The molecule has 1 heteroatoms. The van der Waals surface area contributed by atoms with Gasteiger partial charge in [0.25, 0.3) is 0 Å². The van der Waals surface area contributed by atoms with Crippen LogP contribution in [-0.2, 0) is 0 Å². The normalized spacial score (nSPS) is 27.7. The summed E-state index contributed by atoms with van der Waals surface area (Å²) in [6, 6.07) is 0.829. The highest BCUT2D eigenvalue weighted by Gasteiger charge is 2.37. The minimum Gasteiger partial charge on any atom is -0.314 e. The highest BCUT2D eigenvalue weighted by atomic mass is 14.9. The van der Waals surface area contributed by atoms with Gasteiger partial charge >= 0.3 is 0 Å². The Morgan fingerprint density at radius 2 is 1.79 bits per heavy atom. The SMILES string of the molecule is C1=C(CCNC2CCC3(CCCC3)CC2)CCCC1. The van der Waals surface area contributed by atoms with Crippen molar-refractivity contribution in [2.45, 2.75) is 89.5 Å². The second-order valence-corrected chi connectivity index (χ2v) is 7.29. The first-order chi connectivity index (χ1) is 9.36. The zero-order chi connectivity index (χ0) is 13.0. The van der Waals surface area contributed by atoms with E-state index in [9.17, 15) is 0 Å². The van der Waals surface area contributed by atoms with Crippen LogP contribution in [0.25, 0.3) is 0 Å². The molecular weight excluding hydrogens is 230 g/mol. The molecule has 0 heterocycles. The smallest absolute Gasteiger partial charge is 0.00675 e. The fourth-order valence-electron chi connectivity index (χ4n) is 4.63. The van der Waals surface area contributed by atoms with Crippen molar-refractivity contribution in [3.63, 3.8) is 0 Å². The summed E-state index contributed by atoms with van der Waals surface area (Å²) in [5.74, 6) is 0. The second-order valence-electron chi connectivity index (χ2n) is 7.29. The molecule has 3 rings (SSSR count). The summed E-state index contributed by atoms with van der Waals surface area (Å²) in [4.78, 5) is 0. The second kappa shape index (κ2) is 6.43. The molecular formula is C18H31N. The van der Waals surface area contributed by atoms with Gasteiger partial charge in [-0.25, -0.2) is 0 Å². The van der Waals surface area contributed by atoms with Gasteiger partial charge < -0.3 is 5.32 Å². The third kappa shape index (κ3) is 3.62. The van der Waals surface area contributed by atoms with Gasteiger partial charge in [0, 0.05) is 6.04 Å². The molecule has 0 amide bonds. The average Bonchev–Trinajstić information content (AvgIpc) is 2.91. The number of hydrogen-bond acceptors (Lipinski definition) is 1. The Morgan fingerprint density at radius 1 is 1.00 bits per heavy atom. The minimum atomic E-state index is 0.796. The van der Waals surface area contributed by atoms with Crippen molar-refractivity contribution in [1.82, 2.24) is 5.32 Å². The van der Waals surface area contributed by atoms with Crippen molar-refractivity contribution in [1.29, 1.82) is 0 Å². The molecule has 108 valence electrons. The topological polar surface area (TPSA) is 12.0 Å². The van der Waals surface area contributed by atoms with E-state index in [0.717, 1.165) is 11.5 Å².